The summed E-state index contributed by atoms with van der Waals surface area (Å²) in [6, 6.07) is 18.0. The molecule has 0 aliphatic heterocycles. The van der Waals surface area contributed by atoms with Crippen LogP contribution in [0, 0.1) is 0 Å². The molecule has 1 N–H and O–H groups in total. The molecule has 120 valence electrons. The highest BCUT2D eigenvalue weighted by atomic mass is 16.3. The first-order valence-electron chi connectivity index (χ1n) is 8.27. The zero-order valence-electron chi connectivity index (χ0n) is 13.8. The maximum atomic E-state index is 10.3. The Labute approximate surface area is 143 Å². The fraction of sp³-hybridized carbons (Fsp3) is 0.136. The van der Waals surface area contributed by atoms with E-state index in [1.165, 1.54) is 5.56 Å². The minimum Gasteiger partial charge on any atom is -0.507 e. The van der Waals surface area contributed by atoms with E-state index in [1.54, 1.807) is 18.5 Å². The van der Waals surface area contributed by atoms with Gasteiger partial charge in [-0.1, -0.05) is 55.8 Å². The first-order valence-corrected chi connectivity index (χ1v) is 8.27. The van der Waals surface area contributed by atoms with Gasteiger partial charge in [0.15, 0.2) is 0 Å². The maximum absolute atomic E-state index is 10.3. The molecule has 0 radical (unpaired) electrons. The molecule has 2 heteroatoms. The van der Waals surface area contributed by atoms with Gasteiger partial charge in [0.1, 0.15) is 5.75 Å². The number of hydrogen-bond acceptors (Lipinski definition) is 2. The number of hydrogen-bond donors (Lipinski definition) is 1. The van der Waals surface area contributed by atoms with Gasteiger partial charge < -0.3 is 5.11 Å². The van der Waals surface area contributed by atoms with Crippen LogP contribution in [0.2, 0.25) is 0 Å². The van der Waals surface area contributed by atoms with Crippen LogP contribution in [0.4, 0.5) is 0 Å². The number of aromatic nitrogens is 1. The second-order valence-corrected chi connectivity index (χ2v) is 5.80. The molecule has 0 saturated heterocycles. The Balaban J connectivity index is 2.01. The minimum absolute atomic E-state index is 0.319. The third-order valence-corrected chi connectivity index (χ3v) is 4.01. The fourth-order valence-corrected chi connectivity index (χ4v) is 2.79. The van der Waals surface area contributed by atoms with Crippen LogP contribution in [0.3, 0.4) is 0 Å². The van der Waals surface area contributed by atoms with E-state index in [0.717, 1.165) is 35.1 Å². The van der Waals surface area contributed by atoms with E-state index >= 15 is 0 Å². The van der Waals surface area contributed by atoms with E-state index in [9.17, 15) is 5.11 Å². The molecule has 3 aromatic rings. The van der Waals surface area contributed by atoms with Gasteiger partial charge in [0.25, 0.3) is 0 Å². The predicted octanol–water partition coefficient (Wildman–Crippen LogP) is 5.58. The number of phenols is 1. The molecule has 0 bridgehead atoms. The lowest BCUT2D eigenvalue weighted by atomic mass is 9.95. The van der Waals surface area contributed by atoms with E-state index in [0.29, 0.717) is 5.75 Å². The Morgan fingerprint density at radius 3 is 2.50 bits per heavy atom. The highest BCUT2D eigenvalue weighted by molar-refractivity contribution is 5.83. The van der Waals surface area contributed by atoms with Crippen LogP contribution in [0.15, 0.2) is 67.0 Å². The number of phenolic OH excluding ortho intramolecular Hbond substituents is 1. The van der Waals surface area contributed by atoms with Crippen LogP contribution in [-0.4, -0.2) is 10.1 Å². The molecule has 1 heterocycles. The third kappa shape index (κ3) is 3.72. The molecule has 3 rings (SSSR count). The zero-order valence-corrected chi connectivity index (χ0v) is 13.8. The topological polar surface area (TPSA) is 33.1 Å². The van der Waals surface area contributed by atoms with Crippen molar-refractivity contribution in [3.05, 3.63) is 83.7 Å². The SMILES string of the molecule is CCCc1ccc(O)c(-c2ccccc2C=Cc2ccncc2)c1. The van der Waals surface area contributed by atoms with Crippen molar-refractivity contribution in [1.29, 1.82) is 0 Å². The Kier molecular flexibility index (Phi) is 5.07. The molecule has 0 spiro atoms. The second-order valence-electron chi connectivity index (χ2n) is 5.80. The smallest absolute Gasteiger partial charge is 0.123 e. The van der Waals surface area contributed by atoms with Crippen molar-refractivity contribution in [3.63, 3.8) is 0 Å². The van der Waals surface area contributed by atoms with Crippen molar-refractivity contribution in [1.82, 2.24) is 4.98 Å². The maximum Gasteiger partial charge on any atom is 0.123 e. The van der Waals surface area contributed by atoms with Crippen LogP contribution in [0.25, 0.3) is 23.3 Å². The molecule has 0 fully saturated rings. The lowest BCUT2D eigenvalue weighted by Crippen LogP contribution is -1.88. The molecule has 2 aromatic carbocycles. The number of nitrogens with zero attached hydrogens (tertiary/aromatic N) is 1. The van der Waals surface area contributed by atoms with Crippen molar-refractivity contribution >= 4 is 12.2 Å². The van der Waals surface area contributed by atoms with Crippen molar-refractivity contribution in [3.8, 4) is 16.9 Å². The molecule has 0 saturated carbocycles. The van der Waals surface area contributed by atoms with Crippen molar-refractivity contribution in [2.75, 3.05) is 0 Å². The average molecular weight is 315 g/mol. The standard InChI is InChI=1S/C22H21NO/c1-2-5-18-9-11-22(24)21(16-18)20-7-4-3-6-19(20)10-8-17-12-14-23-15-13-17/h3-4,6-16,24H,2,5H2,1H3. The molecule has 0 unspecified atom stereocenters. The Morgan fingerprint density at radius 2 is 1.71 bits per heavy atom. The quantitative estimate of drug-likeness (QED) is 0.667. The number of pyridine rings is 1. The summed E-state index contributed by atoms with van der Waals surface area (Å²) in [4.78, 5) is 4.04. The van der Waals surface area contributed by atoms with Gasteiger partial charge in [0.05, 0.1) is 0 Å². The number of aromatic hydroxyl groups is 1. The van der Waals surface area contributed by atoms with Crippen LogP contribution in [0.1, 0.15) is 30.0 Å². The highest BCUT2D eigenvalue weighted by Crippen LogP contribution is 2.33. The summed E-state index contributed by atoms with van der Waals surface area (Å²) in [5.41, 5.74) is 5.36. The lowest BCUT2D eigenvalue weighted by Gasteiger charge is -2.11. The van der Waals surface area contributed by atoms with E-state index in [1.807, 2.05) is 30.3 Å². The predicted molar refractivity (Wildman–Crippen MR) is 101 cm³/mol. The van der Waals surface area contributed by atoms with Crippen molar-refractivity contribution in [2.24, 2.45) is 0 Å². The zero-order chi connectivity index (χ0) is 16.8. The number of rotatable bonds is 5. The Hall–Kier alpha value is -2.87. The van der Waals surface area contributed by atoms with Gasteiger partial charge in [-0.2, -0.15) is 0 Å². The molecule has 1 aromatic heterocycles. The van der Waals surface area contributed by atoms with E-state index in [2.05, 4.69) is 42.3 Å². The summed E-state index contributed by atoms with van der Waals surface area (Å²) in [5.74, 6) is 0.319. The van der Waals surface area contributed by atoms with Crippen molar-refractivity contribution in [2.45, 2.75) is 19.8 Å². The monoisotopic (exact) mass is 315 g/mol. The first kappa shape index (κ1) is 16.0. The Morgan fingerprint density at radius 1 is 0.917 bits per heavy atom. The van der Waals surface area contributed by atoms with Gasteiger partial charge in [-0.05, 0) is 52.9 Å². The second kappa shape index (κ2) is 7.60. The molecule has 0 aliphatic carbocycles. The molecular weight excluding hydrogens is 294 g/mol. The summed E-state index contributed by atoms with van der Waals surface area (Å²) < 4.78 is 0. The molecule has 0 atom stereocenters. The molecule has 24 heavy (non-hydrogen) atoms. The minimum atomic E-state index is 0.319. The summed E-state index contributed by atoms with van der Waals surface area (Å²) in [6.07, 6.45) is 9.82. The summed E-state index contributed by atoms with van der Waals surface area (Å²) in [5, 5.41) is 10.3. The largest absolute Gasteiger partial charge is 0.507 e. The molecule has 0 aliphatic rings. The van der Waals surface area contributed by atoms with Crippen LogP contribution in [-0.2, 0) is 6.42 Å². The fourth-order valence-electron chi connectivity index (χ4n) is 2.79. The highest BCUT2D eigenvalue weighted by Gasteiger charge is 2.08. The summed E-state index contributed by atoms with van der Waals surface area (Å²) in [6.45, 7) is 2.16. The molecule has 2 nitrogen and oxygen atoms in total. The Bertz CT molecular complexity index is 838. The van der Waals surface area contributed by atoms with Gasteiger partial charge in [-0.3, -0.25) is 4.98 Å². The summed E-state index contributed by atoms with van der Waals surface area (Å²) in [7, 11) is 0. The van der Waals surface area contributed by atoms with Gasteiger partial charge in [0, 0.05) is 18.0 Å². The van der Waals surface area contributed by atoms with E-state index in [-0.39, 0.29) is 0 Å². The normalized spacial score (nSPS) is 11.0. The van der Waals surface area contributed by atoms with Gasteiger partial charge >= 0.3 is 0 Å². The van der Waals surface area contributed by atoms with Gasteiger partial charge in [-0.25, -0.2) is 0 Å². The van der Waals surface area contributed by atoms with Gasteiger partial charge in [0.2, 0.25) is 0 Å². The van der Waals surface area contributed by atoms with Crippen LogP contribution < -0.4 is 0 Å². The van der Waals surface area contributed by atoms with Crippen LogP contribution >= 0.6 is 0 Å². The number of aryl methyl sites for hydroxylation is 1. The lowest BCUT2D eigenvalue weighted by molar-refractivity contribution is 0.477. The van der Waals surface area contributed by atoms with E-state index in [4.69, 9.17) is 0 Å². The van der Waals surface area contributed by atoms with Crippen LogP contribution in [0.5, 0.6) is 5.75 Å². The molecular formula is C22H21NO. The molecule has 0 amide bonds. The first-order chi connectivity index (χ1) is 11.8. The van der Waals surface area contributed by atoms with E-state index < -0.39 is 0 Å². The van der Waals surface area contributed by atoms with Crippen molar-refractivity contribution < 1.29 is 5.11 Å². The van der Waals surface area contributed by atoms with Gasteiger partial charge in [-0.15, -0.1) is 0 Å². The number of benzene rings is 2. The summed E-state index contributed by atoms with van der Waals surface area (Å²) >= 11 is 0. The third-order valence-electron chi connectivity index (χ3n) is 4.01. The average Bonchev–Trinajstić information content (AvgIpc) is 2.63.